The van der Waals surface area contributed by atoms with E-state index >= 15 is 0 Å². The fraction of sp³-hybridized carbons (Fsp3) is 0.682. The van der Waals surface area contributed by atoms with Crippen LogP contribution in [-0.2, 0) is 11.3 Å². The Hall–Kier alpha value is -1.95. The summed E-state index contributed by atoms with van der Waals surface area (Å²) >= 11 is 0. The fourth-order valence-corrected chi connectivity index (χ4v) is 4.51. The smallest absolute Gasteiger partial charge is 0.226 e. The number of methoxy groups -OCH3 is 3. The molecule has 28 heavy (non-hydrogen) atoms. The second-order valence-electron chi connectivity index (χ2n) is 8.20. The number of carbonyl (C=O) groups excluding carboxylic acids is 1. The summed E-state index contributed by atoms with van der Waals surface area (Å²) in [6.45, 7) is 7.06. The van der Waals surface area contributed by atoms with Gasteiger partial charge in [0, 0.05) is 31.8 Å². The molecular formula is C22H35N2O4+. The summed E-state index contributed by atoms with van der Waals surface area (Å²) in [5.41, 5.74) is 1.12. The molecular weight excluding hydrogens is 356 g/mol. The van der Waals surface area contributed by atoms with Gasteiger partial charge in [0.05, 0.1) is 40.0 Å². The molecule has 2 heterocycles. The zero-order valence-electron chi connectivity index (χ0n) is 17.8. The molecule has 3 rings (SSSR count). The molecule has 0 aliphatic carbocycles. The second-order valence-corrected chi connectivity index (χ2v) is 8.20. The van der Waals surface area contributed by atoms with Crippen molar-refractivity contribution in [3.8, 4) is 17.2 Å². The molecule has 2 aliphatic heterocycles. The summed E-state index contributed by atoms with van der Waals surface area (Å²) in [5, 5.41) is 0. The topological polar surface area (TPSA) is 52.4 Å². The van der Waals surface area contributed by atoms with Gasteiger partial charge in [0.1, 0.15) is 6.54 Å². The molecule has 0 saturated carbocycles. The van der Waals surface area contributed by atoms with Gasteiger partial charge in [-0.3, -0.25) is 4.79 Å². The minimum atomic E-state index is 0.199. The summed E-state index contributed by atoms with van der Waals surface area (Å²) in [5.74, 6) is 3.41. The Bertz CT molecular complexity index is 663. The Balaban J connectivity index is 1.58. The summed E-state index contributed by atoms with van der Waals surface area (Å²) in [6, 6.07) is 3.99. The number of amides is 1. The van der Waals surface area contributed by atoms with Crippen LogP contribution in [0.5, 0.6) is 17.2 Å². The maximum absolute atomic E-state index is 12.8. The van der Waals surface area contributed by atoms with Crippen molar-refractivity contribution in [1.29, 1.82) is 0 Å². The van der Waals surface area contributed by atoms with Crippen molar-refractivity contribution < 1.29 is 23.9 Å². The lowest BCUT2D eigenvalue weighted by Crippen LogP contribution is -3.11. The maximum atomic E-state index is 12.8. The molecule has 0 spiro atoms. The molecule has 6 nitrogen and oxygen atoms in total. The quantitative estimate of drug-likeness (QED) is 0.803. The van der Waals surface area contributed by atoms with E-state index in [1.54, 1.807) is 21.3 Å². The van der Waals surface area contributed by atoms with Crippen molar-refractivity contribution in [1.82, 2.24) is 4.90 Å². The molecule has 156 valence electrons. The first-order valence-electron chi connectivity index (χ1n) is 10.5. The van der Waals surface area contributed by atoms with Crippen molar-refractivity contribution in [2.45, 2.75) is 39.2 Å². The van der Waals surface area contributed by atoms with Crippen LogP contribution in [0, 0.1) is 11.8 Å². The molecule has 6 heteroatoms. The van der Waals surface area contributed by atoms with Crippen molar-refractivity contribution >= 4 is 5.91 Å². The summed E-state index contributed by atoms with van der Waals surface area (Å²) < 4.78 is 16.5. The molecule has 0 aromatic heterocycles. The number of rotatable bonds is 6. The van der Waals surface area contributed by atoms with Crippen LogP contribution in [0.2, 0.25) is 0 Å². The summed E-state index contributed by atoms with van der Waals surface area (Å²) in [4.78, 5) is 16.4. The molecule has 2 fully saturated rings. The zero-order chi connectivity index (χ0) is 20.1. The first kappa shape index (κ1) is 20.8. The van der Waals surface area contributed by atoms with E-state index in [4.69, 9.17) is 14.2 Å². The first-order valence-corrected chi connectivity index (χ1v) is 10.5. The maximum Gasteiger partial charge on any atom is 0.226 e. The highest BCUT2D eigenvalue weighted by molar-refractivity contribution is 5.79. The fourth-order valence-electron chi connectivity index (χ4n) is 4.51. The van der Waals surface area contributed by atoms with Gasteiger partial charge >= 0.3 is 0 Å². The number of hydrogen-bond donors (Lipinski definition) is 1. The third-order valence-corrected chi connectivity index (χ3v) is 6.36. The van der Waals surface area contributed by atoms with Crippen molar-refractivity contribution in [3.63, 3.8) is 0 Å². The SMILES string of the molecule is COc1ccc(C[NH+]2CCC(C(=O)N3CCC(C)CC3)CC2)c(OC)c1OC. The zero-order valence-corrected chi connectivity index (χ0v) is 17.8. The van der Waals surface area contributed by atoms with E-state index < -0.39 is 0 Å². The number of ether oxygens (including phenoxy) is 3. The van der Waals surface area contributed by atoms with E-state index in [-0.39, 0.29) is 5.92 Å². The average molecular weight is 392 g/mol. The standard InChI is InChI=1S/C22H34N2O4/c1-16-7-13-24(14-8-16)22(25)17-9-11-23(12-10-17)15-18-5-6-19(26-2)21(28-4)20(18)27-3/h5-6,16-17H,7-15H2,1-4H3/p+1. The lowest BCUT2D eigenvalue weighted by atomic mass is 9.92. The lowest BCUT2D eigenvalue weighted by molar-refractivity contribution is -0.919. The monoisotopic (exact) mass is 391 g/mol. The van der Waals surface area contributed by atoms with Crippen molar-refractivity contribution in [2.24, 2.45) is 11.8 Å². The van der Waals surface area contributed by atoms with Crippen LogP contribution in [0.1, 0.15) is 38.2 Å². The van der Waals surface area contributed by atoms with Gasteiger partial charge in [-0.15, -0.1) is 0 Å². The van der Waals surface area contributed by atoms with Crippen LogP contribution in [0.25, 0.3) is 0 Å². The number of piperidine rings is 2. The van der Waals surface area contributed by atoms with Crippen molar-refractivity contribution in [3.05, 3.63) is 17.7 Å². The minimum absolute atomic E-state index is 0.199. The van der Waals surface area contributed by atoms with E-state index in [1.807, 2.05) is 6.07 Å². The van der Waals surface area contributed by atoms with Gasteiger partial charge in [0.25, 0.3) is 0 Å². The predicted molar refractivity (Wildman–Crippen MR) is 108 cm³/mol. The summed E-state index contributed by atoms with van der Waals surface area (Å²) in [6.07, 6.45) is 4.23. The first-order chi connectivity index (χ1) is 13.6. The lowest BCUT2D eigenvalue weighted by Gasteiger charge is -2.35. The van der Waals surface area contributed by atoms with Gasteiger partial charge in [0.15, 0.2) is 11.5 Å². The molecule has 1 aromatic rings. The molecule has 0 unspecified atom stereocenters. The Kier molecular flexibility index (Phi) is 7.05. The second kappa shape index (κ2) is 9.50. The molecule has 0 radical (unpaired) electrons. The van der Waals surface area contributed by atoms with E-state index in [2.05, 4.69) is 17.9 Å². The number of carbonyl (C=O) groups is 1. The van der Waals surface area contributed by atoms with Crippen LogP contribution < -0.4 is 19.1 Å². The van der Waals surface area contributed by atoms with Crippen LogP contribution in [0.15, 0.2) is 12.1 Å². The number of likely N-dealkylation sites (tertiary alicyclic amines) is 2. The third-order valence-electron chi connectivity index (χ3n) is 6.36. The van der Waals surface area contributed by atoms with Gasteiger partial charge in [-0.05, 0) is 30.9 Å². The molecule has 1 aromatic carbocycles. The molecule has 1 amide bonds. The molecule has 2 aliphatic rings. The largest absolute Gasteiger partial charge is 0.493 e. The third kappa shape index (κ3) is 4.54. The Morgan fingerprint density at radius 2 is 1.64 bits per heavy atom. The molecule has 1 N–H and O–H groups in total. The van der Waals surface area contributed by atoms with Crippen molar-refractivity contribution in [2.75, 3.05) is 47.5 Å². The number of quaternary nitrogens is 1. The number of benzene rings is 1. The minimum Gasteiger partial charge on any atom is -0.493 e. The predicted octanol–water partition coefficient (Wildman–Crippen LogP) is 1.77. The number of nitrogens with zero attached hydrogens (tertiary/aromatic N) is 1. The number of nitrogens with one attached hydrogen (secondary N) is 1. The Morgan fingerprint density at radius 1 is 1.00 bits per heavy atom. The van der Waals surface area contributed by atoms with E-state index in [0.29, 0.717) is 17.4 Å². The normalized spacial score (nSPS) is 23.4. The highest BCUT2D eigenvalue weighted by Crippen LogP contribution is 2.39. The molecule has 0 bridgehead atoms. The highest BCUT2D eigenvalue weighted by Gasteiger charge is 2.32. The molecule has 0 atom stereocenters. The van der Waals surface area contributed by atoms with Crippen LogP contribution >= 0.6 is 0 Å². The van der Waals surface area contributed by atoms with E-state index in [9.17, 15) is 4.79 Å². The highest BCUT2D eigenvalue weighted by atomic mass is 16.5. The van der Waals surface area contributed by atoms with Gasteiger partial charge in [0.2, 0.25) is 11.7 Å². The Morgan fingerprint density at radius 3 is 2.21 bits per heavy atom. The number of hydrogen-bond acceptors (Lipinski definition) is 4. The Labute approximate surface area is 168 Å². The molecule has 2 saturated heterocycles. The summed E-state index contributed by atoms with van der Waals surface area (Å²) in [7, 11) is 4.93. The van der Waals surface area contributed by atoms with Crippen LogP contribution in [0.3, 0.4) is 0 Å². The van der Waals surface area contributed by atoms with Gasteiger partial charge in [-0.2, -0.15) is 0 Å². The average Bonchev–Trinajstić information content (AvgIpc) is 2.73. The van der Waals surface area contributed by atoms with Crippen LogP contribution in [-0.4, -0.2) is 58.3 Å². The van der Waals surface area contributed by atoms with E-state index in [1.165, 1.54) is 4.90 Å². The van der Waals surface area contributed by atoms with Gasteiger partial charge in [-0.25, -0.2) is 0 Å². The van der Waals surface area contributed by atoms with Crippen LogP contribution in [0.4, 0.5) is 0 Å². The van der Waals surface area contributed by atoms with Gasteiger partial charge < -0.3 is 24.0 Å². The van der Waals surface area contributed by atoms with Gasteiger partial charge in [-0.1, -0.05) is 6.92 Å². The van der Waals surface area contributed by atoms with E-state index in [0.717, 1.165) is 75.6 Å².